The second-order valence-electron chi connectivity index (χ2n) is 4.71. The Morgan fingerprint density at radius 2 is 2.06 bits per heavy atom. The summed E-state index contributed by atoms with van der Waals surface area (Å²) in [6.45, 7) is 6.25. The molecule has 0 spiro atoms. The van der Waals surface area contributed by atoms with Gasteiger partial charge >= 0.3 is 0 Å². The minimum Gasteiger partial charge on any atom is -0.466 e. The normalized spacial score (nSPS) is 12.9. The van der Waals surface area contributed by atoms with Gasteiger partial charge in [0.2, 0.25) is 0 Å². The summed E-state index contributed by atoms with van der Waals surface area (Å²) in [6.07, 6.45) is 2.23. The standard InChI is InChI=1S/C15H21NOS/c1-10-11(2)17-12(3)15(10)14(16-4)8-7-13-6-5-9-18-13/h5-6,9,14,16H,7-8H2,1-4H3. The Kier molecular flexibility index (Phi) is 4.25. The first-order valence-electron chi connectivity index (χ1n) is 6.39. The van der Waals surface area contributed by atoms with Crippen LogP contribution in [-0.2, 0) is 6.42 Å². The van der Waals surface area contributed by atoms with Gasteiger partial charge in [-0.2, -0.15) is 0 Å². The van der Waals surface area contributed by atoms with Crippen molar-refractivity contribution in [3.63, 3.8) is 0 Å². The molecule has 1 N–H and O–H groups in total. The van der Waals surface area contributed by atoms with Gasteiger partial charge in [-0.05, 0) is 57.7 Å². The van der Waals surface area contributed by atoms with E-state index >= 15 is 0 Å². The summed E-state index contributed by atoms with van der Waals surface area (Å²) in [7, 11) is 2.03. The molecule has 0 aliphatic rings. The zero-order valence-corrected chi connectivity index (χ0v) is 12.4. The van der Waals surface area contributed by atoms with Crippen LogP contribution in [0, 0.1) is 20.8 Å². The molecule has 2 rings (SSSR count). The van der Waals surface area contributed by atoms with Gasteiger partial charge < -0.3 is 9.73 Å². The van der Waals surface area contributed by atoms with E-state index in [2.05, 4.69) is 36.7 Å². The Morgan fingerprint density at radius 3 is 2.56 bits per heavy atom. The summed E-state index contributed by atoms with van der Waals surface area (Å²) >= 11 is 1.83. The molecule has 0 fully saturated rings. The summed E-state index contributed by atoms with van der Waals surface area (Å²) < 4.78 is 5.73. The molecule has 2 aromatic rings. The lowest BCUT2D eigenvalue weighted by atomic mass is 9.98. The first kappa shape index (κ1) is 13.4. The highest BCUT2D eigenvalue weighted by Gasteiger charge is 2.19. The van der Waals surface area contributed by atoms with Crippen LogP contribution in [0.25, 0.3) is 0 Å². The maximum absolute atomic E-state index is 5.73. The largest absolute Gasteiger partial charge is 0.466 e. The van der Waals surface area contributed by atoms with Gasteiger partial charge in [0.1, 0.15) is 11.5 Å². The smallest absolute Gasteiger partial charge is 0.106 e. The average Bonchev–Trinajstić information content (AvgIpc) is 2.93. The average molecular weight is 263 g/mol. The van der Waals surface area contributed by atoms with Gasteiger partial charge in [0.25, 0.3) is 0 Å². The summed E-state index contributed by atoms with van der Waals surface area (Å²) in [6, 6.07) is 4.70. The minimum atomic E-state index is 0.379. The molecule has 0 aliphatic heterocycles. The third-order valence-electron chi connectivity index (χ3n) is 3.57. The van der Waals surface area contributed by atoms with Crippen molar-refractivity contribution in [3.8, 4) is 0 Å². The van der Waals surface area contributed by atoms with Gasteiger partial charge in [0.05, 0.1) is 0 Å². The van der Waals surface area contributed by atoms with Crippen LogP contribution in [0.1, 0.15) is 40.0 Å². The Labute approximate surface area is 113 Å². The van der Waals surface area contributed by atoms with E-state index in [1.165, 1.54) is 16.0 Å². The fourth-order valence-electron chi connectivity index (χ4n) is 2.50. The molecule has 18 heavy (non-hydrogen) atoms. The quantitative estimate of drug-likeness (QED) is 0.876. The molecule has 0 radical (unpaired) electrons. The lowest BCUT2D eigenvalue weighted by Crippen LogP contribution is -2.18. The molecular weight excluding hydrogens is 242 g/mol. The van der Waals surface area contributed by atoms with Crippen molar-refractivity contribution in [3.05, 3.63) is 45.0 Å². The van der Waals surface area contributed by atoms with Gasteiger partial charge in [0.15, 0.2) is 0 Å². The molecule has 0 amide bonds. The third-order valence-corrected chi connectivity index (χ3v) is 4.51. The first-order valence-corrected chi connectivity index (χ1v) is 7.27. The Hall–Kier alpha value is -1.06. The Balaban J connectivity index is 2.13. The van der Waals surface area contributed by atoms with E-state index in [1.807, 2.05) is 25.3 Å². The number of nitrogens with one attached hydrogen (secondary N) is 1. The Bertz CT molecular complexity index is 499. The summed E-state index contributed by atoms with van der Waals surface area (Å²) in [4.78, 5) is 1.45. The lowest BCUT2D eigenvalue weighted by molar-refractivity contribution is 0.484. The highest BCUT2D eigenvalue weighted by molar-refractivity contribution is 7.09. The molecule has 0 saturated carbocycles. The van der Waals surface area contributed by atoms with E-state index in [0.717, 1.165) is 24.4 Å². The van der Waals surface area contributed by atoms with E-state index in [9.17, 15) is 0 Å². The Morgan fingerprint density at radius 1 is 1.28 bits per heavy atom. The molecular formula is C15H21NOS. The number of aryl methyl sites for hydroxylation is 3. The van der Waals surface area contributed by atoms with E-state index in [4.69, 9.17) is 4.42 Å². The molecule has 1 atom stereocenters. The van der Waals surface area contributed by atoms with Crippen LogP contribution >= 0.6 is 11.3 Å². The van der Waals surface area contributed by atoms with Crippen LogP contribution in [0.3, 0.4) is 0 Å². The molecule has 0 saturated heterocycles. The van der Waals surface area contributed by atoms with Crippen molar-refractivity contribution in [1.29, 1.82) is 0 Å². The number of hydrogen-bond acceptors (Lipinski definition) is 3. The predicted molar refractivity (Wildman–Crippen MR) is 77.4 cm³/mol. The second kappa shape index (κ2) is 5.72. The molecule has 98 valence electrons. The van der Waals surface area contributed by atoms with Crippen molar-refractivity contribution < 1.29 is 4.42 Å². The third kappa shape index (κ3) is 2.68. The van der Waals surface area contributed by atoms with Gasteiger partial charge in [-0.15, -0.1) is 11.3 Å². The minimum absolute atomic E-state index is 0.379. The van der Waals surface area contributed by atoms with Gasteiger partial charge in [-0.25, -0.2) is 0 Å². The van der Waals surface area contributed by atoms with Crippen LogP contribution < -0.4 is 5.32 Å². The molecule has 1 unspecified atom stereocenters. The van der Waals surface area contributed by atoms with Crippen LogP contribution in [0.15, 0.2) is 21.9 Å². The van der Waals surface area contributed by atoms with Crippen molar-refractivity contribution in [2.24, 2.45) is 0 Å². The van der Waals surface area contributed by atoms with Gasteiger partial charge in [-0.1, -0.05) is 6.07 Å². The van der Waals surface area contributed by atoms with E-state index in [1.54, 1.807) is 0 Å². The SMILES string of the molecule is CNC(CCc1cccs1)c1c(C)oc(C)c1C. The highest BCUT2D eigenvalue weighted by Crippen LogP contribution is 2.30. The molecule has 0 aromatic carbocycles. The highest BCUT2D eigenvalue weighted by atomic mass is 32.1. The maximum Gasteiger partial charge on any atom is 0.106 e. The van der Waals surface area contributed by atoms with E-state index < -0.39 is 0 Å². The lowest BCUT2D eigenvalue weighted by Gasteiger charge is -2.16. The number of thiophene rings is 1. The van der Waals surface area contributed by atoms with Crippen LogP contribution in [-0.4, -0.2) is 7.05 Å². The van der Waals surface area contributed by atoms with Crippen molar-refractivity contribution >= 4 is 11.3 Å². The number of rotatable bonds is 5. The molecule has 2 heterocycles. The second-order valence-corrected chi connectivity index (χ2v) is 5.74. The maximum atomic E-state index is 5.73. The van der Waals surface area contributed by atoms with Crippen LogP contribution in [0.4, 0.5) is 0 Å². The number of furan rings is 1. The molecule has 3 heteroatoms. The molecule has 2 nitrogen and oxygen atoms in total. The number of hydrogen-bond donors (Lipinski definition) is 1. The van der Waals surface area contributed by atoms with E-state index in [-0.39, 0.29) is 0 Å². The molecule has 0 aliphatic carbocycles. The summed E-state index contributed by atoms with van der Waals surface area (Å²) in [5.74, 6) is 2.09. The fraction of sp³-hybridized carbons (Fsp3) is 0.467. The zero-order chi connectivity index (χ0) is 13.1. The van der Waals surface area contributed by atoms with Crippen molar-refractivity contribution in [2.45, 2.75) is 39.7 Å². The molecule has 0 bridgehead atoms. The monoisotopic (exact) mass is 263 g/mol. The summed E-state index contributed by atoms with van der Waals surface area (Å²) in [5.41, 5.74) is 2.63. The zero-order valence-electron chi connectivity index (χ0n) is 11.5. The predicted octanol–water partition coefficient (Wildman–Crippen LogP) is 4.16. The van der Waals surface area contributed by atoms with E-state index in [0.29, 0.717) is 6.04 Å². The first-order chi connectivity index (χ1) is 8.63. The topological polar surface area (TPSA) is 25.2 Å². The van der Waals surface area contributed by atoms with Gasteiger partial charge in [0, 0.05) is 16.5 Å². The van der Waals surface area contributed by atoms with Crippen molar-refractivity contribution in [1.82, 2.24) is 5.32 Å². The van der Waals surface area contributed by atoms with Crippen molar-refractivity contribution in [2.75, 3.05) is 7.05 Å². The fourth-order valence-corrected chi connectivity index (χ4v) is 3.22. The van der Waals surface area contributed by atoms with Gasteiger partial charge in [-0.3, -0.25) is 0 Å². The van der Waals surface area contributed by atoms with Crippen LogP contribution in [0.5, 0.6) is 0 Å². The van der Waals surface area contributed by atoms with Crippen LogP contribution in [0.2, 0.25) is 0 Å². The molecule has 2 aromatic heterocycles. The summed E-state index contributed by atoms with van der Waals surface area (Å²) in [5, 5.41) is 5.56.